The number of halogens is 1. The zero-order chi connectivity index (χ0) is 18.7. The number of rotatable bonds is 7. The summed E-state index contributed by atoms with van der Waals surface area (Å²) in [6.07, 6.45) is 1.76. The molecule has 1 aromatic heterocycles. The van der Waals surface area contributed by atoms with Gasteiger partial charge in [-0.2, -0.15) is 0 Å². The lowest BCUT2D eigenvalue weighted by atomic mass is 10.1. The highest BCUT2D eigenvalue weighted by atomic mass is 19.1. The van der Waals surface area contributed by atoms with E-state index >= 15 is 0 Å². The standard InChI is InChI=1S/C19H23FN2O4/c1-12-15(16-9-13(20)4-5-17(16)21-12)10-18(23)22(7-6-19(24)25)11-14-3-2-8-26-14/h4-5,9,14,21H,2-3,6-8,10-11H2,1H3,(H,24,25)/t14-/m1/s1. The van der Waals surface area contributed by atoms with Crippen molar-refractivity contribution in [1.29, 1.82) is 0 Å². The highest BCUT2D eigenvalue weighted by Gasteiger charge is 2.24. The third kappa shape index (κ3) is 4.22. The molecule has 0 unspecified atom stereocenters. The topological polar surface area (TPSA) is 82.6 Å². The van der Waals surface area contributed by atoms with Crippen molar-refractivity contribution >= 4 is 22.8 Å². The van der Waals surface area contributed by atoms with Crippen molar-refractivity contribution in [3.8, 4) is 0 Å². The molecule has 26 heavy (non-hydrogen) atoms. The number of nitrogens with zero attached hydrogens (tertiary/aromatic N) is 1. The summed E-state index contributed by atoms with van der Waals surface area (Å²) in [6.45, 7) is 3.06. The number of aromatic nitrogens is 1. The SMILES string of the molecule is Cc1[nH]c2ccc(F)cc2c1CC(=O)N(CCC(=O)O)C[C@H]1CCCO1. The van der Waals surface area contributed by atoms with Crippen molar-refractivity contribution in [2.75, 3.05) is 19.7 Å². The lowest BCUT2D eigenvalue weighted by Gasteiger charge is -2.25. The summed E-state index contributed by atoms with van der Waals surface area (Å²) in [5, 5.41) is 9.65. The van der Waals surface area contributed by atoms with Crippen LogP contribution in [0.3, 0.4) is 0 Å². The predicted octanol–water partition coefficient (Wildman–Crippen LogP) is 2.64. The molecular weight excluding hydrogens is 339 g/mol. The quantitative estimate of drug-likeness (QED) is 0.793. The van der Waals surface area contributed by atoms with Crippen LogP contribution >= 0.6 is 0 Å². The second kappa shape index (κ2) is 7.86. The van der Waals surface area contributed by atoms with E-state index in [2.05, 4.69) is 4.98 Å². The number of hydrogen-bond donors (Lipinski definition) is 2. The Morgan fingerprint density at radius 3 is 2.92 bits per heavy atom. The minimum atomic E-state index is -0.944. The van der Waals surface area contributed by atoms with Crippen LogP contribution < -0.4 is 0 Å². The summed E-state index contributed by atoms with van der Waals surface area (Å²) in [6, 6.07) is 4.45. The van der Waals surface area contributed by atoms with Gasteiger partial charge in [-0.05, 0) is 43.5 Å². The van der Waals surface area contributed by atoms with Crippen molar-refractivity contribution in [2.45, 2.75) is 38.7 Å². The lowest BCUT2D eigenvalue weighted by Crippen LogP contribution is -2.39. The first kappa shape index (κ1) is 18.4. The van der Waals surface area contributed by atoms with Crippen LogP contribution in [0.5, 0.6) is 0 Å². The molecular formula is C19H23FN2O4. The maximum absolute atomic E-state index is 13.6. The Kier molecular flexibility index (Phi) is 5.56. The fraction of sp³-hybridized carbons (Fsp3) is 0.474. The van der Waals surface area contributed by atoms with Crippen molar-refractivity contribution < 1.29 is 23.8 Å². The Morgan fingerprint density at radius 2 is 2.23 bits per heavy atom. The fourth-order valence-electron chi connectivity index (χ4n) is 3.43. The van der Waals surface area contributed by atoms with Gasteiger partial charge in [0.25, 0.3) is 0 Å². The van der Waals surface area contributed by atoms with E-state index in [0.29, 0.717) is 18.5 Å². The first-order chi connectivity index (χ1) is 12.4. The molecule has 1 saturated heterocycles. The van der Waals surface area contributed by atoms with E-state index in [1.165, 1.54) is 12.1 Å². The van der Waals surface area contributed by atoms with Crippen LogP contribution in [0.2, 0.25) is 0 Å². The number of carbonyl (C=O) groups is 2. The van der Waals surface area contributed by atoms with Gasteiger partial charge in [-0.15, -0.1) is 0 Å². The van der Waals surface area contributed by atoms with E-state index in [4.69, 9.17) is 9.84 Å². The third-order valence-corrected chi connectivity index (χ3v) is 4.81. The average molecular weight is 362 g/mol. The molecule has 0 aliphatic carbocycles. The average Bonchev–Trinajstić information content (AvgIpc) is 3.20. The number of benzene rings is 1. The Labute approximate surface area is 150 Å². The molecule has 0 radical (unpaired) electrons. The summed E-state index contributed by atoms with van der Waals surface area (Å²) in [4.78, 5) is 28.5. The summed E-state index contributed by atoms with van der Waals surface area (Å²) in [5.74, 6) is -1.47. The number of hydrogen-bond acceptors (Lipinski definition) is 3. The van der Waals surface area contributed by atoms with Crippen LogP contribution in [0.4, 0.5) is 4.39 Å². The Bertz CT molecular complexity index is 811. The van der Waals surface area contributed by atoms with E-state index in [1.54, 1.807) is 11.0 Å². The van der Waals surface area contributed by atoms with Gasteiger partial charge in [0.2, 0.25) is 5.91 Å². The molecule has 0 saturated carbocycles. The number of ether oxygens (including phenoxy) is 1. The molecule has 2 N–H and O–H groups in total. The Balaban J connectivity index is 1.78. The lowest BCUT2D eigenvalue weighted by molar-refractivity contribution is -0.139. The van der Waals surface area contributed by atoms with Crippen molar-refractivity contribution in [1.82, 2.24) is 9.88 Å². The van der Waals surface area contributed by atoms with Gasteiger partial charge in [-0.3, -0.25) is 9.59 Å². The molecule has 1 aliphatic rings. The number of amides is 1. The molecule has 2 aromatic rings. The number of carboxylic acids is 1. The molecule has 2 heterocycles. The van der Waals surface area contributed by atoms with Gasteiger partial charge >= 0.3 is 5.97 Å². The second-order valence-corrected chi connectivity index (χ2v) is 6.71. The van der Waals surface area contributed by atoms with E-state index in [1.807, 2.05) is 6.92 Å². The summed E-state index contributed by atoms with van der Waals surface area (Å²) in [7, 11) is 0. The van der Waals surface area contributed by atoms with Gasteiger partial charge in [0.1, 0.15) is 5.82 Å². The molecule has 6 nitrogen and oxygen atoms in total. The molecule has 1 atom stereocenters. The number of fused-ring (bicyclic) bond motifs is 1. The monoisotopic (exact) mass is 362 g/mol. The van der Waals surface area contributed by atoms with E-state index < -0.39 is 5.97 Å². The van der Waals surface area contributed by atoms with Crippen LogP contribution in [0, 0.1) is 12.7 Å². The summed E-state index contributed by atoms with van der Waals surface area (Å²) < 4.78 is 19.2. The van der Waals surface area contributed by atoms with E-state index in [9.17, 15) is 14.0 Å². The van der Waals surface area contributed by atoms with Crippen LogP contribution in [0.1, 0.15) is 30.5 Å². The number of aromatic amines is 1. The van der Waals surface area contributed by atoms with Crippen LogP contribution in [0.15, 0.2) is 18.2 Å². The van der Waals surface area contributed by atoms with E-state index in [0.717, 1.165) is 29.6 Å². The van der Waals surface area contributed by atoms with Crippen molar-refractivity contribution in [3.05, 3.63) is 35.3 Å². The number of nitrogens with one attached hydrogen (secondary N) is 1. The molecule has 1 aromatic carbocycles. The van der Waals surface area contributed by atoms with Gasteiger partial charge in [0, 0.05) is 36.3 Å². The number of carbonyl (C=O) groups excluding carboxylic acids is 1. The molecule has 140 valence electrons. The maximum atomic E-state index is 13.6. The third-order valence-electron chi connectivity index (χ3n) is 4.81. The predicted molar refractivity (Wildman–Crippen MR) is 94.5 cm³/mol. The molecule has 1 fully saturated rings. The minimum Gasteiger partial charge on any atom is -0.481 e. The molecule has 0 spiro atoms. The van der Waals surface area contributed by atoms with Gasteiger partial charge in [0.05, 0.1) is 18.9 Å². The fourth-order valence-corrected chi connectivity index (χ4v) is 3.43. The molecule has 1 amide bonds. The zero-order valence-corrected chi connectivity index (χ0v) is 14.8. The van der Waals surface area contributed by atoms with Gasteiger partial charge in [-0.1, -0.05) is 0 Å². The number of aliphatic carboxylic acids is 1. The van der Waals surface area contributed by atoms with Gasteiger partial charge in [-0.25, -0.2) is 4.39 Å². The van der Waals surface area contributed by atoms with Gasteiger partial charge in [0.15, 0.2) is 0 Å². The highest BCUT2D eigenvalue weighted by molar-refractivity contribution is 5.90. The van der Waals surface area contributed by atoms with Crippen molar-refractivity contribution in [3.63, 3.8) is 0 Å². The second-order valence-electron chi connectivity index (χ2n) is 6.71. The largest absolute Gasteiger partial charge is 0.481 e. The minimum absolute atomic E-state index is 0.0470. The molecule has 0 bridgehead atoms. The Hall–Kier alpha value is -2.41. The molecule has 7 heteroatoms. The first-order valence-corrected chi connectivity index (χ1v) is 8.82. The summed E-state index contributed by atoms with van der Waals surface area (Å²) in [5.41, 5.74) is 2.34. The Morgan fingerprint density at radius 1 is 1.42 bits per heavy atom. The van der Waals surface area contributed by atoms with Crippen molar-refractivity contribution in [2.24, 2.45) is 0 Å². The smallest absolute Gasteiger partial charge is 0.305 e. The number of H-pyrrole nitrogens is 1. The van der Waals surface area contributed by atoms with Crippen LogP contribution in [0.25, 0.3) is 10.9 Å². The van der Waals surface area contributed by atoms with Gasteiger partial charge < -0.3 is 19.7 Å². The van der Waals surface area contributed by atoms with Crippen LogP contribution in [-0.4, -0.2) is 52.7 Å². The van der Waals surface area contributed by atoms with E-state index in [-0.39, 0.29) is 37.2 Å². The normalized spacial score (nSPS) is 16.9. The first-order valence-electron chi connectivity index (χ1n) is 8.82. The van der Waals surface area contributed by atoms with Crippen LogP contribution in [-0.2, 0) is 20.7 Å². The number of carboxylic acid groups (broad SMARTS) is 1. The molecule has 1 aliphatic heterocycles. The zero-order valence-electron chi connectivity index (χ0n) is 14.8. The summed E-state index contributed by atoms with van der Waals surface area (Å²) >= 11 is 0. The maximum Gasteiger partial charge on any atom is 0.305 e. The highest BCUT2D eigenvalue weighted by Crippen LogP contribution is 2.24. The molecule has 3 rings (SSSR count). The number of aryl methyl sites for hydroxylation is 1.